The monoisotopic (exact) mass is 491 g/mol. The van der Waals surface area contributed by atoms with Crippen LogP contribution in [0.1, 0.15) is 81.2 Å². The standard InChI is InChI=1S/C30H41N3O3/c1-5-24(30-32-31-23(4)36-30)19-27-9-6-7-10-28(27)22(3)35-18-8-15-33-16-13-25(14-17-33)26-12-11-21(2)29(34)20-26/h9-12,19-20,22,25,34H,5-8,13-18H2,1-4H3/b24-19+. The number of likely N-dealkylation sites (tertiary alicyclic amines) is 1. The SMILES string of the molecule is CC/C(=C\C1=CCCC=C1C(C)OCCCN1CCC(c2ccc(C)c(O)c2)CC1)c1nnc(C)o1. The van der Waals surface area contributed by atoms with Crippen LogP contribution in [0, 0.1) is 13.8 Å². The van der Waals surface area contributed by atoms with Crippen molar-refractivity contribution in [3.63, 3.8) is 0 Å². The molecule has 1 aromatic heterocycles. The zero-order chi connectivity index (χ0) is 25.5. The Balaban J connectivity index is 1.23. The molecule has 0 spiro atoms. The predicted octanol–water partition coefficient (Wildman–Crippen LogP) is 6.51. The van der Waals surface area contributed by atoms with Gasteiger partial charge in [0.15, 0.2) is 0 Å². The zero-order valence-corrected chi connectivity index (χ0v) is 22.3. The molecule has 2 heterocycles. The normalized spacial score (nSPS) is 18.7. The van der Waals surface area contributed by atoms with Gasteiger partial charge in [-0.1, -0.05) is 31.2 Å². The summed E-state index contributed by atoms with van der Waals surface area (Å²) in [5.74, 6) is 2.16. The lowest BCUT2D eigenvalue weighted by Crippen LogP contribution is -2.34. The highest BCUT2D eigenvalue weighted by atomic mass is 16.5. The van der Waals surface area contributed by atoms with Crippen LogP contribution in [0.5, 0.6) is 5.75 Å². The summed E-state index contributed by atoms with van der Waals surface area (Å²) in [6, 6.07) is 6.16. The molecule has 1 aliphatic heterocycles. The molecule has 194 valence electrons. The van der Waals surface area contributed by atoms with Gasteiger partial charge in [0.2, 0.25) is 11.8 Å². The molecule has 6 heteroatoms. The van der Waals surface area contributed by atoms with Crippen molar-refractivity contribution in [2.75, 3.05) is 26.2 Å². The van der Waals surface area contributed by atoms with E-state index in [9.17, 15) is 5.11 Å². The van der Waals surface area contributed by atoms with E-state index in [1.165, 1.54) is 16.7 Å². The van der Waals surface area contributed by atoms with E-state index in [0.29, 0.717) is 23.4 Å². The molecular weight excluding hydrogens is 450 g/mol. The summed E-state index contributed by atoms with van der Waals surface area (Å²) in [4.78, 5) is 2.55. The molecule has 6 nitrogen and oxygen atoms in total. The average molecular weight is 492 g/mol. The summed E-state index contributed by atoms with van der Waals surface area (Å²) in [7, 11) is 0. The van der Waals surface area contributed by atoms with E-state index in [1.807, 2.05) is 26.0 Å². The minimum absolute atomic E-state index is 0.0512. The van der Waals surface area contributed by atoms with Crippen molar-refractivity contribution < 1.29 is 14.3 Å². The fourth-order valence-corrected chi connectivity index (χ4v) is 5.19. The molecule has 1 N–H and O–H groups in total. The molecule has 1 aliphatic carbocycles. The first-order valence-corrected chi connectivity index (χ1v) is 13.5. The molecule has 1 unspecified atom stereocenters. The molecule has 2 aliphatic rings. The van der Waals surface area contributed by atoms with Gasteiger partial charge in [-0.05, 0) is 106 Å². The molecule has 0 saturated carbocycles. The molecule has 1 fully saturated rings. The topological polar surface area (TPSA) is 71.6 Å². The number of benzene rings is 1. The number of hydrogen-bond donors (Lipinski definition) is 1. The minimum Gasteiger partial charge on any atom is -0.508 e. The number of aryl methyl sites for hydroxylation is 2. The number of nitrogens with zero attached hydrogens (tertiary/aromatic N) is 3. The summed E-state index contributed by atoms with van der Waals surface area (Å²) >= 11 is 0. The van der Waals surface area contributed by atoms with Gasteiger partial charge in [0.1, 0.15) is 5.75 Å². The lowest BCUT2D eigenvalue weighted by atomic mass is 9.89. The number of hydrogen-bond acceptors (Lipinski definition) is 6. The van der Waals surface area contributed by atoms with Crippen LogP contribution in [-0.4, -0.2) is 52.5 Å². The van der Waals surface area contributed by atoms with Crippen molar-refractivity contribution in [2.45, 2.75) is 78.2 Å². The smallest absolute Gasteiger partial charge is 0.243 e. The van der Waals surface area contributed by atoms with E-state index in [2.05, 4.69) is 53.2 Å². The molecule has 2 aromatic rings. The predicted molar refractivity (Wildman–Crippen MR) is 144 cm³/mol. The Morgan fingerprint density at radius 1 is 1.19 bits per heavy atom. The van der Waals surface area contributed by atoms with E-state index in [1.54, 1.807) is 0 Å². The van der Waals surface area contributed by atoms with Gasteiger partial charge in [0.25, 0.3) is 0 Å². The Morgan fingerprint density at radius 3 is 2.67 bits per heavy atom. The molecular formula is C30H41N3O3. The van der Waals surface area contributed by atoms with E-state index in [0.717, 1.165) is 75.9 Å². The largest absolute Gasteiger partial charge is 0.508 e. The Kier molecular flexibility index (Phi) is 9.16. The molecule has 1 atom stereocenters. The molecule has 1 aromatic carbocycles. The van der Waals surface area contributed by atoms with Crippen LogP contribution in [0.15, 0.2) is 52.0 Å². The van der Waals surface area contributed by atoms with Crippen molar-refractivity contribution in [3.05, 3.63) is 70.5 Å². The van der Waals surface area contributed by atoms with Gasteiger partial charge in [-0.15, -0.1) is 10.2 Å². The van der Waals surface area contributed by atoms with Crippen molar-refractivity contribution in [3.8, 4) is 5.75 Å². The van der Waals surface area contributed by atoms with E-state index >= 15 is 0 Å². The Morgan fingerprint density at radius 2 is 1.97 bits per heavy atom. The first-order chi connectivity index (χ1) is 17.4. The summed E-state index contributed by atoms with van der Waals surface area (Å²) in [5.41, 5.74) is 5.75. The van der Waals surface area contributed by atoms with E-state index in [4.69, 9.17) is 9.15 Å². The zero-order valence-electron chi connectivity index (χ0n) is 22.3. The maximum absolute atomic E-state index is 10.0. The van der Waals surface area contributed by atoms with E-state index < -0.39 is 0 Å². The first kappa shape index (κ1) is 26.4. The van der Waals surface area contributed by atoms with Crippen LogP contribution in [-0.2, 0) is 4.74 Å². The van der Waals surface area contributed by atoms with Gasteiger partial charge in [-0.2, -0.15) is 0 Å². The van der Waals surface area contributed by atoms with Crippen LogP contribution >= 0.6 is 0 Å². The minimum atomic E-state index is 0.0512. The second-order valence-corrected chi connectivity index (χ2v) is 10.1. The van der Waals surface area contributed by atoms with Crippen molar-refractivity contribution in [2.24, 2.45) is 0 Å². The number of aromatic hydroxyl groups is 1. The van der Waals surface area contributed by atoms with Crippen molar-refractivity contribution in [1.82, 2.24) is 15.1 Å². The van der Waals surface area contributed by atoms with Gasteiger partial charge in [0, 0.05) is 25.6 Å². The third kappa shape index (κ3) is 6.74. The number of phenols is 1. The van der Waals surface area contributed by atoms with Crippen LogP contribution in [0.3, 0.4) is 0 Å². The number of aromatic nitrogens is 2. The molecule has 0 bridgehead atoms. The molecule has 0 radical (unpaired) electrons. The molecule has 0 amide bonds. The van der Waals surface area contributed by atoms with Crippen molar-refractivity contribution in [1.29, 1.82) is 0 Å². The van der Waals surface area contributed by atoms with Crippen molar-refractivity contribution >= 4 is 5.57 Å². The number of ether oxygens (including phenoxy) is 1. The van der Waals surface area contributed by atoms with E-state index in [-0.39, 0.29) is 6.10 Å². The molecule has 4 rings (SSSR count). The quantitative estimate of drug-likeness (QED) is 0.382. The first-order valence-electron chi connectivity index (χ1n) is 13.5. The summed E-state index contributed by atoms with van der Waals surface area (Å²) in [5, 5.41) is 18.2. The van der Waals surface area contributed by atoms with Gasteiger partial charge in [-0.25, -0.2) is 0 Å². The number of phenolic OH excluding ortho intramolecular Hbond substituents is 1. The van der Waals surface area contributed by atoms with Gasteiger partial charge in [0.05, 0.1) is 6.10 Å². The number of allylic oxidation sites excluding steroid dienone is 4. The fourth-order valence-electron chi connectivity index (χ4n) is 5.19. The van der Waals surface area contributed by atoms with Gasteiger partial charge in [-0.3, -0.25) is 0 Å². The Labute approximate surface area is 215 Å². The van der Waals surface area contributed by atoms with Crippen LogP contribution < -0.4 is 0 Å². The van der Waals surface area contributed by atoms with Crippen LogP contribution in [0.2, 0.25) is 0 Å². The lowest BCUT2D eigenvalue weighted by Gasteiger charge is -2.32. The average Bonchev–Trinajstić information content (AvgIpc) is 3.33. The third-order valence-electron chi connectivity index (χ3n) is 7.46. The molecule has 36 heavy (non-hydrogen) atoms. The second kappa shape index (κ2) is 12.5. The summed E-state index contributed by atoms with van der Waals surface area (Å²) < 4.78 is 12.0. The maximum atomic E-state index is 10.0. The summed E-state index contributed by atoms with van der Waals surface area (Å²) in [6.07, 6.45) is 13.1. The van der Waals surface area contributed by atoms with Gasteiger partial charge >= 0.3 is 0 Å². The lowest BCUT2D eigenvalue weighted by molar-refractivity contribution is 0.0791. The second-order valence-electron chi connectivity index (χ2n) is 10.1. The Bertz CT molecular complexity index is 1110. The Hall–Kier alpha value is -2.70. The highest BCUT2D eigenvalue weighted by Crippen LogP contribution is 2.32. The number of piperidine rings is 1. The molecule has 1 saturated heterocycles. The van der Waals surface area contributed by atoms with Crippen LogP contribution in [0.25, 0.3) is 5.57 Å². The highest BCUT2D eigenvalue weighted by Gasteiger charge is 2.21. The van der Waals surface area contributed by atoms with Crippen LogP contribution in [0.4, 0.5) is 0 Å². The van der Waals surface area contributed by atoms with Gasteiger partial charge < -0.3 is 19.2 Å². The fraction of sp³-hybridized carbons (Fsp3) is 0.533. The third-order valence-corrected chi connectivity index (χ3v) is 7.46. The summed E-state index contributed by atoms with van der Waals surface area (Å²) in [6.45, 7) is 12.1. The highest BCUT2D eigenvalue weighted by molar-refractivity contribution is 5.65. The maximum Gasteiger partial charge on any atom is 0.243 e. The number of rotatable bonds is 10.